The van der Waals surface area contributed by atoms with Crippen LogP contribution in [0, 0.1) is 0 Å². The maximum atomic E-state index is 12.2. The molecule has 3 aromatic carbocycles. The van der Waals surface area contributed by atoms with Crippen LogP contribution in [0.5, 0.6) is 0 Å². The molecule has 0 aromatic heterocycles. The van der Waals surface area contributed by atoms with Gasteiger partial charge in [0.25, 0.3) is 5.91 Å². The highest BCUT2D eigenvalue weighted by molar-refractivity contribution is 8.26. The fourth-order valence-corrected chi connectivity index (χ4v) is 3.90. The molecule has 0 unspecified atom stereocenters. The highest BCUT2D eigenvalue weighted by atomic mass is 32.2. The van der Waals surface area contributed by atoms with E-state index in [1.807, 2.05) is 30.3 Å². The molecule has 1 fully saturated rings. The number of thioether (sulfide) groups is 1. The van der Waals surface area contributed by atoms with Crippen LogP contribution in [0.1, 0.15) is 5.56 Å². The molecule has 0 radical (unpaired) electrons. The number of amides is 1. The summed E-state index contributed by atoms with van der Waals surface area (Å²) in [5, 5.41) is 5.52. The number of nitrogens with zero attached hydrogens (tertiary/aromatic N) is 1. The van der Waals surface area contributed by atoms with Crippen molar-refractivity contribution < 1.29 is 4.79 Å². The van der Waals surface area contributed by atoms with Gasteiger partial charge in [0.15, 0.2) is 4.32 Å². The summed E-state index contributed by atoms with van der Waals surface area (Å²) in [6, 6.07) is 18.5. The zero-order valence-corrected chi connectivity index (χ0v) is 13.7. The quantitative estimate of drug-likeness (QED) is 0.239. The maximum absolute atomic E-state index is 12.2. The first-order valence-electron chi connectivity index (χ1n) is 7.08. The monoisotopic (exact) mass is 336 g/mol. The van der Waals surface area contributed by atoms with Crippen molar-refractivity contribution in [2.45, 2.75) is 0 Å². The van der Waals surface area contributed by atoms with Crippen LogP contribution < -0.4 is 5.84 Å². The van der Waals surface area contributed by atoms with Crippen LogP contribution in [0.4, 0.5) is 0 Å². The number of rotatable bonds is 1. The zero-order valence-electron chi connectivity index (χ0n) is 12.0. The Kier molecular flexibility index (Phi) is 3.41. The van der Waals surface area contributed by atoms with Gasteiger partial charge in [-0.15, -0.1) is 0 Å². The Bertz CT molecular complexity index is 956. The van der Waals surface area contributed by atoms with Gasteiger partial charge in [0.05, 0.1) is 4.91 Å². The summed E-state index contributed by atoms with van der Waals surface area (Å²) < 4.78 is 0.380. The number of nitrogens with two attached hydrogens (primary N) is 1. The second kappa shape index (κ2) is 5.45. The van der Waals surface area contributed by atoms with Gasteiger partial charge in [0.2, 0.25) is 0 Å². The minimum Gasteiger partial charge on any atom is -0.267 e. The molecule has 1 aliphatic rings. The van der Waals surface area contributed by atoms with Crippen molar-refractivity contribution in [3.63, 3.8) is 0 Å². The van der Waals surface area contributed by atoms with E-state index in [-0.39, 0.29) is 5.91 Å². The molecule has 1 saturated heterocycles. The van der Waals surface area contributed by atoms with Crippen molar-refractivity contribution >= 4 is 61.8 Å². The van der Waals surface area contributed by atoms with Crippen molar-refractivity contribution in [1.29, 1.82) is 0 Å². The number of carbonyl (C=O) groups is 1. The van der Waals surface area contributed by atoms with Crippen LogP contribution in [0.2, 0.25) is 0 Å². The maximum Gasteiger partial charge on any atom is 0.280 e. The fourth-order valence-electron chi connectivity index (χ4n) is 2.82. The van der Waals surface area contributed by atoms with Gasteiger partial charge < -0.3 is 0 Å². The first-order chi connectivity index (χ1) is 11.1. The first kappa shape index (κ1) is 14.4. The van der Waals surface area contributed by atoms with Crippen LogP contribution in [0.3, 0.4) is 0 Å². The van der Waals surface area contributed by atoms with E-state index in [4.69, 9.17) is 18.1 Å². The predicted molar refractivity (Wildman–Crippen MR) is 101 cm³/mol. The van der Waals surface area contributed by atoms with Crippen molar-refractivity contribution in [3.05, 3.63) is 65.1 Å². The summed E-state index contributed by atoms with van der Waals surface area (Å²) in [6.45, 7) is 0. The molecule has 0 spiro atoms. The molecule has 5 heteroatoms. The molecule has 1 heterocycles. The second-order valence-corrected chi connectivity index (χ2v) is 6.96. The molecular weight excluding hydrogens is 324 g/mol. The Labute approximate surface area is 142 Å². The lowest BCUT2D eigenvalue weighted by molar-refractivity contribution is -0.122. The van der Waals surface area contributed by atoms with E-state index in [2.05, 4.69) is 30.3 Å². The smallest absolute Gasteiger partial charge is 0.267 e. The largest absolute Gasteiger partial charge is 0.280 e. The minimum atomic E-state index is -0.253. The molecule has 1 aliphatic heterocycles. The molecule has 2 N–H and O–H groups in total. The van der Waals surface area contributed by atoms with Gasteiger partial charge in [-0.05, 0) is 39.3 Å². The lowest BCUT2D eigenvalue weighted by Gasteiger charge is -2.09. The lowest BCUT2D eigenvalue weighted by Crippen LogP contribution is -2.34. The zero-order chi connectivity index (χ0) is 16.0. The highest BCUT2D eigenvalue weighted by Gasteiger charge is 2.30. The highest BCUT2D eigenvalue weighted by Crippen LogP contribution is 2.35. The van der Waals surface area contributed by atoms with E-state index in [0.717, 1.165) is 32.1 Å². The number of thiocarbonyl (C=S) groups is 1. The number of hydrogen-bond acceptors (Lipinski definition) is 4. The van der Waals surface area contributed by atoms with Gasteiger partial charge in [-0.1, -0.05) is 72.5 Å². The lowest BCUT2D eigenvalue weighted by atomic mass is 9.96. The third-order valence-electron chi connectivity index (χ3n) is 3.91. The standard InChI is InChI=1S/C18H12N2OS2/c19-20-17(21)16(23-18(20)22)10-15-13-7-3-1-5-11(13)9-12-6-2-4-8-14(12)15/h1-10H,19H2/b16-10-. The van der Waals surface area contributed by atoms with E-state index < -0.39 is 0 Å². The number of fused-ring (bicyclic) bond motifs is 2. The van der Waals surface area contributed by atoms with E-state index in [1.165, 1.54) is 11.8 Å². The van der Waals surface area contributed by atoms with Gasteiger partial charge in [-0.25, -0.2) is 10.9 Å². The molecule has 0 bridgehead atoms. The Balaban J connectivity index is 2.04. The SMILES string of the molecule is NN1C(=O)/C(=C/c2c3ccccc3cc3ccccc23)SC1=S. The van der Waals surface area contributed by atoms with Crippen molar-refractivity contribution in [3.8, 4) is 0 Å². The number of benzene rings is 3. The van der Waals surface area contributed by atoms with Crippen LogP contribution >= 0.6 is 24.0 Å². The molecule has 23 heavy (non-hydrogen) atoms. The molecule has 0 atom stereocenters. The fraction of sp³-hybridized carbons (Fsp3) is 0. The van der Waals surface area contributed by atoms with Crippen molar-refractivity contribution in [1.82, 2.24) is 5.01 Å². The molecule has 1 amide bonds. The Morgan fingerprint density at radius 1 is 1.00 bits per heavy atom. The minimum absolute atomic E-state index is 0.253. The molecule has 0 saturated carbocycles. The first-order valence-corrected chi connectivity index (χ1v) is 8.31. The second-order valence-electron chi connectivity index (χ2n) is 5.28. The number of hydrogen-bond donors (Lipinski definition) is 1. The van der Waals surface area contributed by atoms with Gasteiger partial charge in [-0.2, -0.15) is 0 Å². The summed E-state index contributed by atoms with van der Waals surface area (Å²) in [4.78, 5) is 12.8. The summed E-state index contributed by atoms with van der Waals surface area (Å²) in [5.74, 6) is 5.42. The average Bonchev–Trinajstić information content (AvgIpc) is 2.81. The summed E-state index contributed by atoms with van der Waals surface area (Å²) >= 11 is 6.34. The summed E-state index contributed by atoms with van der Waals surface area (Å²) in [6.07, 6.45) is 1.90. The summed E-state index contributed by atoms with van der Waals surface area (Å²) in [7, 11) is 0. The number of carbonyl (C=O) groups excluding carboxylic acids is 1. The van der Waals surface area contributed by atoms with E-state index in [0.29, 0.717) is 9.23 Å². The number of hydrazine groups is 1. The molecule has 3 nitrogen and oxygen atoms in total. The predicted octanol–water partition coefficient (Wildman–Crippen LogP) is 4.07. The Morgan fingerprint density at radius 3 is 2.09 bits per heavy atom. The van der Waals surface area contributed by atoms with Gasteiger partial charge in [0.1, 0.15) is 0 Å². The molecule has 4 rings (SSSR count). The topological polar surface area (TPSA) is 46.3 Å². The van der Waals surface area contributed by atoms with Crippen LogP contribution in [0.15, 0.2) is 59.5 Å². The van der Waals surface area contributed by atoms with Crippen LogP contribution in [0.25, 0.3) is 27.6 Å². The van der Waals surface area contributed by atoms with Gasteiger partial charge >= 0.3 is 0 Å². The van der Waals surface area contributed by atoms with Crippen LogP contribution in [-0.2, 0) is 4.79 Å². The molecule has 3 aromatic rings. The van der Waals surface area contributed by atoms with Crippen molar-refractivity contribution in [2.24, 2.45) is 5.84 Å². The average molecular weight is 336 g/mol. The van der Waals surface area contributed by atoms with Gasteiger partial charge in [-0.3, -0.25) is 4.79 Å². The third kappa shape index (κ3) is 2.34. The van der Waals surface area contributed by atoms with Crippen LogP contribution in [-0.4, -0.2) is 15.2 Å². The third-order valence-corrected chi connectivity index (χ3v) is 5.24. The van der Waals surface area contributed by atoms with E-state index in [9.17, 15) is 4.79 Å². The summed E-state index contributed by atoms with van der Waals surface area (Å²) in [5.41, 5.74) is 1.02. The Hall–Kier alpha value is -2.21. The normalized spacial score (nSPS) is 16.9. The van der Waals surface area contributed by atoms with Crippen molar-refractivity contribution in [2.75, 3.05) is 0 Å². The Morgan fingerprint density at radius 2 is 1.57 bits per heavy atom. The van der Waals surface area contributed by atoms with Gasteiger partial charge in [0, 0.05) is 0 Å². The molecule has 0 aliphatic carbocycles. The van der Waals surface area contributed by atoms with E-state index in [1.54, 1.807) is 0 Å². The molecule has 112 valence electrons. The van der Waals surface area contributed by atoms with E-state index >= 15 is 0 Å². The molecular formula is C18H12N2OS2.